The second-order valence-electron chi connectivity index (χ2n) is 4.47. The van der Waals surface area contributed by atoms with Crippen LogP contribution in [-0.4, -0.2) is 17.0 Å². The van der Waals surface area contributed by atoms with E-state index in [1.807, 2.05) is 0 Å². The number of Topliss-reactive ketones (excluding diaryl/α,β-unsaturated/α-hetero) is 1. The lowest BCUT2D eigenvalue weighted by atomic mass is 9.72. The maximum absolute atomic E-state index is 11.2. The summed E-state index contributed by atoms with van der Waals surface area (Å²) in [5.41, 5.74) is 0.217. The molecule has 2 aliphatic rings. The monoisotopic (exact) mass is 168 g/mol. The summed E-state index contributed by atoms with van der Waals surface area (Å²) in [5.74, 6) is 0.412. The molecule has 0 aromatic carbocycles. The fourth-order valence-electron chi connectivity index (χ4n) is 2.82. The van der Waals surface area contributed by atoms with Crippen molar-refractivity contribution in [2.75, 3.05) is 0 Å². The topological polar surface area (TPSA) is 37.3 Å². The quantitative estimate of drug-likeness (QED) is 0.597. The van der Waals surface area contributed by atoms with Crippen LogP contribution in [0.25, 0.3) is 0 Å². The van der Waals surface area contributed by atoms with Gasteiger partial charge in [-0.3, -0.25) is 4.79 Å². The summed E-state index contributed by atoms with van der Waals surface area (Å²) >= 11 is 0. The van der Waals surface area contributed by atoms with E-state index in [-0.39, 0.29) is 11.5 Å². The third kappa shape index (κ3) is 1.40. The van der Waals surface area contributed by atoms with Crippen LogP contribution in [-0.2, 0) is 4.79 Å². The minimum Gasteiger partial charge on any atom is -0.393 e. The first-order valence-electron chi connectivity index (χ1n) is 4.90. The van der Waals surface area contributed by atoms with Crippen LogP contribution in [0.4, 0.5) is 0 Å². The predicted molar refractivity (Wildman–Crippen MR) is 45.8 cm³/mol. The fraction of sp³-hybridized carbons (Fsp3) is 0.900. The molecule has 2 heteroatoms. The highest BCUT2D eigenvalue weighted by Crippen LogP contribution is 2.47. The Labute approximate surface area is 73.0 Å². The molecule has 2 rings (SSSR count). The van der Waals surface area contributed by atoms with E-state index in [1.54, 1.807) is 0 Å². The van der Waals surface area contributed by atoms with Crippen LogP contribution in [0.15, 0.2) is 0 Å². The van der Waals surface area contributed by atoms with Gasteiger partial charge < -0.3 is 5.11 Å². The van der Waals surface area contributed by atoms with Crippen LogP contribution >= 0.6 is 0 Å². The minimum atomic E-state index is -0.129. The maximum Gasteiger partial charge on any atom is 0.133 e. The molecule has 1 unspecified atom stereocenters. The molecule has 1 N–H and O–H groups in total. The van der Waals surface area contributed by atoms with Gasteiger partial charge in [0.05, 0.1) is 6.10 Å². The zero-order valence-corrected chi connectivity index (χ0v) is 7.38. The molecule has 0 aromatic heterocycles. The molecule has 2 aliphatic carbocycles. The van der Waals surface area contributed by atoms with E-state index >= 15 is 0 Å². The van der Waals surface area contributed by atoms with E-state index in [9.17, 15) is 9.90 Å². The summed E-state index contributed by atoms with van der Waals surface area (Å²) in [6, 6.07) is 0. The molecule has 2 nitrogen and oxygen atoms in total. The summed E-state index contributed by atoms with van der Waals surface area (Å²) in [6.07, 6.45) is 6.45. The van der Waals surface area contributed by atoms with Crippen molar-refractivity contribution in [3.63, 3.8) is 0 Å². The lowest BCUT2D eigenvalue weighted by Crippen LogP contribution is -2.26. The molecule has 68 valence electrons. The smallest absolute Gasteiger partial charge is 0.133 e. The van der Waals surface area contributed by atoms with Gasteiger partial charge in [0.2, 0.25) is 0 Å². The zero-order valence-electron chi connectivity index (χ0n) is 7.38. The van der Waals surface area contributed by atoms with Gasteiger partial charge in [0.15, 0.2) is 0 Å². The molecule has 12 heavy (non-hydrogen) atoms. The van der Waals surface area contributed by atoms with Crippen molar-refractivity contribution in [1.82, 2.24) is 0 Å². The average Bonchev–Trinajstić information content (AvgIpc) is 2.32. The molecule has 2 atom stereocenters. The van der Waals surface area contributed by atoms with Crippen molar-refractivity contribution in [3.8, 4) is 0 Å². The van der Waals surface area contributed by atoms with Gasteiger partial charge in [-0.25, -0.2) is 0 Å². The highest BCUT2D eigenvalue weighted by atomic mass is 16.3. The lowest BCUT2D eigenvalue weighted by molar-refractivity contribution is -0.123. The second-order valence-corrected chi connectivity index (χ2v) is 4.47. The Kier molecular flexibility index (Phi) is 1.95. The highest BCUT2D eigenvalue weighted by Gasteiger charge is 2.41. The van der Waals surface area contributed by atoms with E-state index in [1.165, 1.54) is 0 Å². The second kappa shape index (κ2) is 2.84. The van der Waals surface area contributed by atoms with Gasteiger partial charge in [-0.1, -0.05) is 0 Å². The Bertz CT molecular complexity index is 196. The van der Waals surface area contributed by atoms with E-state index < -0.39 is 0 Å². The predicted octanol–water partition coefficient (Wildman–Crippen LogP) is 1.66. The Balaban J connectivity index is 2.05. The number of hydrogen-bond acceptors (Lipinski definition) is 2. The summed E-state index contributed by atoms with van der Waals surface area (Å²) in [4.78, 5) is 11.2. The fourth-order valence-corrected chi connectivity index (χ4v) is 2.82. The standard InChI is InChI=1S/C10H16O2/c11-8-2-1-4-10(6-8)5-3-9(12)7-10/h9,12H,1-7H2/t9-,10?/m1/s1. The first-order chi connectivity index (χ1) is 5.70. The largest absolute Gasteiger partial charge is 0.393 e. The molecule has 1 spiro atoms. The highest BCUT2D eigenvalue weighted by molar-refractivity contribution is 5.79. The van der Waals surface area contributed by atoms with E-state index in [2.05, 4.69) is 0 Å². The number of carbonyl (C=O) groups is 1. The molecule has 0 aliphatic heterocycles. The number of ketones is 1. The van der Waals surface area contributed by atoms with Crippen LogP contribution < -0.4 is 0 Å². The number of aliphatic hydroxyl groups excluding tert-OH is 1. The average molecular weight is 168 g/mol. The molecule has 0 saturated heterocycles. The number of hydrogen-bond donors (Lipinski definition) is 1. The molecule has 0 radical (unpaired) electrons. The summed E-state index contributed by atoms with van der Waals surface area (Å²) in [6.45, 7) is 0. The molecule has 2 saturated carbocycles. The van der Waals surface area contributed by atoms with Gasteiger partial charge >= 0.3 is 0 Å². The number of rotatable bonds is 0. The first kappa shape index (κ1) is 8.24. The summed E-state index contributed by atoms with van der Waals surface area (Å²) in [7, 11) is 0. The van der Waals surface area contributed by atoms with E-state index in [0.717, 1.165) is 44.9 Å². The Hall–Kier alpha value is -0.370. The van der Waals surface area contributed by atoms with Gasteiger partial charge in [-0.05, 0) is 37.5 Å². The summed E-state index contributed by atoms with van der Waals surface area (Å²) in [5, 5.41) is 9.42. The normalized spacial score (nSPS) is 42.4. The zero-order chi connectivity index (χ0) is 8.60. The Morgan fingerprint density at radius 2 is 2.25 bits per heavy atom. The van der Waals surface area contributed by atoms with Crippen LogP contribution in [0.5, 0.6) is 0 Å². The van der Waals surface area contributed by atoms with E-state index in [4.69, 9.17) is 0 Å². The van der Waals surface area contributed by atoms with Crippen molar-refractivity contribution in [2.45, 2.75) is 51.0 Å². The number of carbonyl (C=O) groups excluding carboxylic acids is 1. The van der Waals surface area contributed by atoms with Crippen molar-refractivity contribution < 1.29 is 9.90 Å². The first-order valence-corrected chi connectivity index (χ1v) is 4.90. The molecule has 0 aromatic rings. The molecular weight excluding hydrogens is 152 g/mol. The maximum atomic E-state index is 11.2. The summed E-state index contributed by atoms with van der Waals surface area (Å²) < 4.78 is 0. The van der Waals surface area contributed by atoms with Crippen molar-refractivity contribution >= 4 is 5.78 Å². The van der Waals surface area contributed by atoms with Gasteiger partial charge in [0.25, 0.3) is 0 Å². The molecule has 0 amide bonds. The van der Waals surface area contributed by atoms with Crippen LogP contribution in [0.2, 0.25) is 0 Å². The number of aliphatic hydroxyl groups is 1. The Morgan fingerprint density at radius 3 is 2.83 bits per heavy atom. The molecule has 0 bridgehead atoms. The van der Waals surface area contributed by atoms with Gasteiger partial charge in [-0.2, -0.15) is 0 Å². The molecular formula is C10H16O2. The van der Waals surface area contributed by atoms with Crippen LogP contribution in [0.1, 0.15) is 44.9 Å². The van der Waals surface area contributed by atoms with Gasteiger partial charge in [0, 0.05) is 12.8 Å². The minimum absolute atomic E-state index is 0.129. The van der Waals surface area contributed by atoms with Crippen LogP contribution in [0, 0.1) is 5.41 Å². The van der Waals surface area contributed by atoms with Gasteiger partial charge in [-0.15, -0.1) is 0 Å². The lowest BCUT2D eigenvalue weighted by Gasteiger charge is -2.32. The van der Waals surface area contributed by atoms with Crippen molar-refractivity contribution in [3.05, 3.63) is 0 Å². The van der Waals surface area contributed by atoms with Crippen molar-refractivity contribution in [1.29, 1.82) is 0 Å². The van der Waals surface area contributed by atoms with Crippen molar-refractivity contribution in [2.24, 2.45) is 5.41 Å². The SMILES string of the molecule is O=C1CCCC2(CC[C@@H](O)C2)C1. The van der Waals surface area contributed by atoms with Crippen LogP contribution in [0.3, 0.4) is 0 Å². The molecule has 0 heterocycles. The van der Waals surface area contributed by atoms with E-state index in [0.29, 0.717) is 5.78 Å². The third-order valence-corrected chi connectivity index (χ3v) is 3.41. The van der Waals surface area contributed by atoms with Gasteiger partial charge in [0.1, 0.15) is 5.78 Å². The third-order valence-electron chi connectivity index (χ3n) is 3.41. The Morgan fingerprint density at radius 1 is 1.42 bits per heavy atom. The molecule has 2 fully saturated rings.